The first-order valence-electron chi connectivity index (χ1n) is 7.02. The summed E-state index contributed by atoms with van der Waals surface area (Å²) in [4.78, 5) is 11.7. The van der Waals surface area contributed by atoms with E-state index in [4.69, 9.17) is 0 Å². The molecule has 0 bridgehead atoms. The lowest BCUT2D eigenvalue weighted by atomic mass is 9.94. The van der Waals surface area contributed by atoms with E-state index >= 15 is 0 Å². The molecule has 0 spiro atoms. The minimum absolute atomic E-state index is 0.170. The summed E-state index contributed by atoms with van der Waals surface area (Å²) in [5.41, 5.74) is -0.501. The number of carbonyl (C=O) groups is 1. The summed E-state index contributed by atoms with van der Waals surface area (Å²) >= 11 is 1.57. The molecule has 1 aliphatic carbocycles. The van der Waals surface area contributed by atoms with Crippen LogP contribution in [0, 0.1) is 11.3 Å². The average molecular weight is 288 g/mol. The van der Waals surface area contributed by atoms with E-state index in [0.717, 1.165) is 6.54 Å². The molecule has 0 aromatic heterocycles. The molecule has 0 saturated heterocycles. The van der Waals surface area contributed by atoms with Crippen molar-refractivity contribution in [3.05, 3.63) is 0 Å². The molecule has 4 nitrogen and oxygen atoms in total. The first-order valence-corrected chi connectivity index (χ1v) is 8.41. The van der Waals surface area contributed by atoms with Crippen LogP contribution in [0.25, 0.3) is 0 Å². The predicted octanol–water partition coefficient (Wildman–Crippen LogP) is 2.23. The van der Waals surface area contributed by atoms with Crippen LogP contribution < -0.4 is 10.6 Å². The van der Waals surface area contributed by atoms with Gasteiger partial charge in [-0.05, 0) is 43.8 Å². The van der Waals surface area contributed by atoms with Crippen molar-refractivity contribution in [2.45, 2.75) is 45.6 Å². The van der Waals surface area contributed by atoms with Crippen LogP contribution in [0.5, 0.6) is 0 Å². The molecule has 112 valence electrons. The largest absolute Gasteiger partial charge is 0.387 e. The third kappa shape index (κ3) is 6.52. The maximum Gasteiger partial charge on any atom is 0.314 e. The van der Waals surface area contributed by atoms with E-state index in [1.54, 1.807) is 18.7 Å². The number of hydrogen-bond acceptors (Lipinski definition) is 3. The number of hydrogen-bond donors (Lipinski definition) is 3. The first-order chi connectivity index (χ1) is 8.79. The standard InChI is InChI=1S/C14H28N2O2S/c1-11(2)7-14(5-6-14)9-16-12(17)15-8-13(3,18)10-19-4/h11,18H,5-10H2,1-4H3,(H2,15,16,17). The number of aliphatic hydroxyl groups is 1. The molecule has 1 rings (SSSR count). The average Bonchev–Trinajstić information content (AvgIpc) is 3.03. The van der Waals surface area contributed by atoms with Crippen LogP contribution in [0.2, 0.25) is 0 Å². The van der Waals surface area contributed by atoms with E-state index in [2.05, 4.69) is 24.5 Å². The fraction of sp³-hybridized carbons (Fsp3) is 0.929. The number of thioether (sulfide) groups is 1. The van der Waals surface area contributed by atoms with E-state index in [-0.39, 0.29) is 12.6 Å². The highest BCUT2D eigenvalue weighted by atomic mass is 32.2. The molecule has 5 heteroatoms. The number of amides is 2. The Hall–Kier alpha value is -0.420. The number of nitrogens with one attached hydrogen (secondary N) is 2. The lowest BCUT2D eigenvalue weighted by Crippen LogP contribution is -2.47. The summed E-state index contributed by atoms with van der Waals surface area (Å²) in [6, 6.07) is -0.170. The third-order valence-electron chi connectivity index (χ3n) is 3.51. The molecule has 1 saturated carbocycles. The molecule has 2 amide bonds. The van der Waals surface area contributed by atoms with E-state index < -0.39 is 5.60 Å². The number of carbonyl (C=O) groups excluding carboxylic acids is 1. The summed E-state index contributed by atoms with van der Waals surface area (Å²) in [6.45, 7) is 7.23. The van der Waals surface area contributed by atoms with Gasteiger partial charge in [-0.25, -0.2) is 4.79 Å². The van der Waals surface area contributed by atoms with E-state index in [9.17, 15) is 9.90 Å². The van der Waals surface area contributed by atoms with Crippen molar-refractivity contribution in [3.8, 4) is 0 Å². The van der Waals surface area contributed by atoms with Gasteiger partial charge in [-0.3, -0.25) is 0 Å². The topological polar surface area (TPSA) is 61.4 Å². The molecule has 19 heavy (non-hydrogen) atoms. The van der Waals surface area contributed by atoms with Gasteiger partial charge in [0.25, 0.3) is 0 Å². The maximum absolute atomic E-state index is 11.7. The highest BCUT2D eigenvalue weighted by molar-refractivity contribution is 7.98. The number of urea groups is 1. The van der Waals surface area contributed by atoms with Gasteiger partial charge in [0.1, 0.15) is 0 Å². The molecule has 0 aromatic rings. The quantitative estimate of drug-likeness (QED) is 0.642. The van der Waals surface area contributed by atoms with Crippen molar-refractivity contribution >= 4 is 17.8 Å². The Bertz CT molecular complexity index is 302. The fourth-order valence-corrected chi connectivity index (χ4v) is 3.18. The van der Waals surface area contributed by atoms with Crippen LogP contribution in [0.4, 0.5) is 4.79 Å². The SMILES string of the molecule is CSCC(C)(O)CNC(=O)NCC1(CC(C)C)CC1. The van der Waals surface area contributed by atoms with Crippen LogP contribution in [-0.4, -0.2) is 41.8 Å². The van der Waals surface area contributed by atoms with Crippen LogP contribution >= 0.6 is 11.8 Å². The van der Waals surface area contributed by atoms with Gasteiger partial charge < -0.3 is 15.7 Å². The Morgan fingerprint density at radius 3 is 2.53 bits per heavy atom. The zero-order chi connectivity index (χ0) is 14.5. The van der Waals surface area contributed by atoms with Crippen molar-refractivity contribution in [2.24, 2.45) is 11.3 Å². The van der Waals surface area contributed by atoms with Gasteiger partial charge in [-0.1, -0.05) is 13.8 Å². The zero-order valence-corrected chi connectivity index (χ0v) is 13.4. The summed E-state index contributed by atoms with van der Waals surface area (Å²) in [5.74, 6) is 1.29. The van der Waals surface area contributed by atoms with Crippen molar-refractivity contribution in [2.75, 3.05) is 25.1 Å². The molecular formula is C14H28N2O2S. The van der Waals surface area contributed by atoms with Crippen LogP contribution in [0.15, 0.2) is 0 Å². The van der Waals surface area contributed by atoms with Gasteiger partial charge in [0.2, 0.25) is 0 Å². The van der Waals surface area contributed by atoms with Gasteiger partial charge in [-0.2, -0.15) is 11.8 Å². The van der Waals surface area contributed by atoms with Crippen molar-refractivity contribution in [1.29, 1.82) is 0 Å². The first kappa shape index (κ1) is 16.6. The molecule has 0 heterocycles. The highest BCUT2D eigenvalue weighted by Gasteiger charge is 2.42. The second kappa shape index (κ2) is 6.84. The second-order valence-electron chi connectivity index (χ2n) is 6.56. The molecule has 0 radical (unpaired) electrons. The zero-order valence-electron chi connectivity index (χ0n) is 12.6. The maximum atomic E-state index is 11.7. The Labute approximate surface area is 121 Å². The summed E-state index contributed by atoms with van der Waals surface area (Å²) < 4.78 is 0. The van der Waals surface area contributed by atoms with Crippen LogP contribution in [0.3, 0.4) is 0 Å². The highest BCUT2D eigenvalue weighted by Crippen LogP contribution is 2.49. The summed E-state index contributed by atoms with van der Waals surface area (Å²) in [5, 5.41) is 15.6. The molecule has 1 fully saturated rings. The Morgan fingerprint density at radius 2 is 2.05 bits per heavy atom. The molecule has 3 N–H and O–H groups in total. The fourth-order valence-electron chi connectivity index (χ4n) is 2.46. The molecule has 0 aromatic carbocycles. The van der Waals surface area contributed by atoms with Gasteiger partial charge in [0, 0.05) is 18.8 Å². The molecule has 1 unspecified atom stereocenters. The monoisotopic (exact) mass is 288 g/mol. The Balaban J connectivity index is 2.22. The van der Waals surface area contributed by atoms with Gasteiger partial charge in [-0.15, -0.1) is 0 Å². The summed E-state index contributed by atoms with van der Waals surface area (Å²) in [7, 11) is 0. The molecular weight excluding hydrogens is 260 g/mol. The Kier molecular flexibility index (Phi) is 5.99. The van der Waals surface area contributed by atoms with Crippen molar-refractivity contribution in [1.82, 2.24) is 10.6 Å². The normalized spacial score (nSPS) is 19.9. The van der Waals surface area contributed by atoms with Gasteiger partial charge in [0.15, 0.2) is 0 Å². The third-order valence-corrected chi connectivity index (χ3v) is 4.42. The van der Waals surface area contributed by atoms with Crippen molar-refractivity contribution < 1.29 is 9.90 Å². The second-order valence-corrected chi connectivity index (χ2v) is 7.43. The van der Waals surface area contributed by atoms with E-state index in [1.807, 2.05) is 6.26 Å². The predicted molar refractivity (Wildman–Crippen MR) is 81.5 cm³/mol. The van der Waals surface area contributed by atoms with E-state index in [0.29, 0.717) is 17.1 Å². The minimum atomic E-state index is -0.841. The lowest BCUT2D eigenvalue weighted by Gasteiger charge is -2.23. The smallest absolute Gasteiger partial charge is 0.314 e. The van der Waals surface area contributed by atoms with Crippen molar-refractivity contribution in [3.63, 3.8) is 0 Å². The lowest BCUT2D eigenvalue weighted by molar-refractivity contribution is 0.0868. The molecule has 0 aliphatic heterocycles. The molecule has 1 atom stereocenters. The van der Waals surface area contributed by atoms with Gasteiger partial charge >= 0.3 is 6.03 Å². The van der Waals surface area contributed by atoms with Crippen LogP contribution in [0.1, 0.15) is 40.0 Å². The minimum Gasteiger partial charge on any atom is -0.387 e. The summed E-state index contributed by atoms with van der Waals surface area (Å²) in [6.07, 6.45) is 5.56. The van der Waals surface area contributed by atoms with Gasteiger partial charge in [0.05, 0.1) is 5.60 Å². The van der Waals surface area contributed by atoms with E-state index in [1.165, 1.54) is 19.3 Å². The van der Waals surface area contributed by atoms with Crippen LogP contribution in [-0.2, 0) is 0 Å². The Morgan fingerprint density at radius 1 is 1.42 bits per heavy atom. The number of rotatable bonds is 8. The molecule has 1 aliphatic rings.